The van der Waals surface area contributed by atoms with Crippen molar-refractivity contribution in [2.45, 2.75) is 97.5 Å². The standard InChI is InChI=1S/C19H34O2/c1-4-12-19(3)13-10-16(11-14-19)15-6-8-17(9-7-15)21-18(20)5-2/h15-17H,4-14H2,1-3H3/t15?,16-,17?,19-. The Balaban J connectivity index is 1.73. The number of esters is 1. The molecule has 0 radical (unpaired) electrons. The van der Waals surface area contributed by atoms with Crippen LogP contribution in [0.3, 0.4) is 0 Å². The zero-order chi connectivity index (χ0) is 15.3. The fourth-order valence-corrected chi connectivity index (χ4v) is 4.61. The van der Waals surface area contributed by atoms with Crippen molar-refractivity contribution in [1.82, 2.24) is 0 Å². The van der Waals surface area contributed by atoms with Crippen LogP contribution in [-0.2, 0) is 9.53 Å². The van der Waals surface area contributed by atoms with E-state index in [4.69, 9.17) is 4.74 Å². The van der Waals surface area contributed by atoms with Crippen molar-refractivity contribution < 1.29 is 9.53 Å². The number of ether oxygens (including phenoxy) is 1. The third-order valence-corrected chi connectivity index (χ3v) is 6.06. The van der Waals surface area contributed by atoms with Crippen LogP contribution in [0.2, 0.25) is 0 Å². The summed E-state index contributed by atoms with van der Waals surface area (Å²) in [4.78, 5) is 11.4. The molecule has 2 nitrogen and oxygen atoms in total. The van der Waals surface area contributed by atoms with Crippen LogP contribution in [0.4, 0.5) is 0 Å². The van der Waals surface area contributed by atoms with Gasteiger partial charge in [-0.1, -0.05) is 27.2 Å². The van der Waals surface area contributed by atoms with Gasteiger partial charge >= 0.3 is 5.97 Å². The topological polar surface area (TPSA) is 26.3 Å². The molecular weight excluding hydrogens is 260 g/mol. The normalized spacial score (nSPS) is 37.2. The molecule has 0 unspecified atom stereocenters. The van der Waals surface area contributed by atoms with Gasteiger partial charge in [0.25, 0.3) is 0 Å². The van der Waals surface area contributed by atoms with Crippen LogP contribution in [0, 0.1) is 17.3 Å². The van der Waals surface area contributed by atoms with Gasteiger partial charge in [0.2, 0.25) is 0 Å². The molecule has 2 rings (SSSR count). The Morgan fingerprint density at radius 1 is 1.00 bits per heavy atom. The van der Waals surface area contributed by atoms with E-state index in [-0.39, 0.29) is 12.1 Å². The molecule has 0 saturated heterocycles. The second-order valence-corrected chi connectivity index (χ2v) is 7.78. The van der Waals surface area contributed by atoms with Gasteiger partial charge in [0, 0.05) is 6.42 Å². The van der Waals surface area contributed by atoms with Gasteiger partial charge < -0.3 is 4.74 Å². The summed E-state index contributed by atoms with van der Waals surface area (Å²) >= 11 is 0. The Morgan fingerprint density at radius 3 is 2.10 bits per heavy atom. The van der Waals surface area contributed by atoms with Gasteiger partial charge in [-0.3, -0.25) is 4.79 Å². The van der Waals surface area contributed by atoms with Crippen LogP contribution >= 0.6 is 0 Å². The lowest BCUT2D eigenvalue weighted by Crippen LogP contribution is -2.32. The quantitative estimate of drug-likeness (QED) is 0.626. The van der Waals surface area contributed by atoms with Crippen LogP contribution < -0.4 is 0 Å². The first-order chi connectivity index (χ1) is 10.1. The van der Waals surface area contributed by atoms with E-state index < -0.39 is 0 Å². The van der Waals surface area contributed by atoms with Gasteiger partial charge in [0.15, 0.2) is 0 Å². The number of rotatable bonds is 5. The van der Waals surface area contributed by atoms with Gasteiger partial charge in [-0.25, -0.2) is 0 Å². The molecule has 2 aliphatic rings. The first-order valence-electron chi connectivity index (χ1n) is 9.26. The Hall–Kier alpha value is -0.530. The van der Waals surface area contributed by atoms with E-state index in [2.05, 4.69) is 13.8 Å². The molecule has 0 bridgehead atoms. The van der Waals surface area contributed by atoms with E-state index in [1.165, 1.54) is 51.4 Å². The van der Waals surface area contributed by atoms with E-state index in [0.717, 1.165) is 24.7 Å². The summed E-state index contributed by atoms with van der Waals surface area (Å²) in [6.07, 6.45) is 13.9. The van der Waals surface area contributed by atoms with Crippen molar-refractivity contribution in [1.29, 1.82) is 0 Å². The molecule has 0 aromatic carbocycles. The minimum Gasteiger partial charge on any atom is -0.462 e. The van der Waals surface area contributed by atoms with Gasteiger partial charge in [0.05, 0.1) is 0 Å². The van der Waals surface area contributed by atoms with Crippen molar-refractivity contribution in [3.8, 4) is 0 Å². The summed E-state index contributed by atoms with van der Waals surface area (Å²) in [5.41, 5.74) is 0.624. The first kappa shape index (κ1) is 16.8. The van der Waals surface area contributed by atoms with Crippen LogP contribution in [0.15, 0.2) is 0 Å². The summed E-state index contributed by atoms with van der Waals surface area (Å²) in [5.74, 6) is 1.82. The fraction of sp³-hybridized carbons (Fsp3) is 0.947. The second kappa shape index (κ2) is 7.65. The highest BCUT2D eigenvalue weighted by molar-refractivity contribution is 5.69. The average molecular weight is 294 g/mol. The van der Waals surface area contributed by atoms with Crippen LogP contribution in [-0.4, -0.2) is 12.1 Å². The largest absolute Gasteiger partial charge is 0.462 e. The van der Waals surface area contributed by atoms with E-state index in [9.17, 15) is 4.79 Å². The van der Waals surface area contributed by atoms with Gasteiger partial charge in [0.1, 0.15) is 6.10 Å². The molecule has 2 fully saturated rings. The summed E-state index contributed by atoms with van der Waals surface area (Å²) in [5, 5.41) is 0. The van der Waals surface area contributed by atoms with Crippen molar-refractivity contribution in [3.63, 3.8) is 0 Å². The third kappa shape index (κ3) is 4.72. The van der Waals surface area contributed by atoms with Crippen LogP contribution in [0.25, 0.3) is 0 Å². The SMILES string of the molecule is CCC[C@]1(C)CC[C@@H](C2CCC(OC(=O)CC)CC2)CC1. The van der Waals surface area contributed by atoms with E-state index in [1.54, 1.807) is 0 Å². The minimum absolute atomic E-state index is 0.0218. The predicted molar refractivity (Wildman–Crippen MR) is 87.1 cm³/mol. The van der Waals surface area contributed by atoms with Gasteiger partial charge in [-0.2, -0.15) is 0 Å². The molecule has 21 heavy (non-hydrogen) atoms. The van der Waals surface area contributed by atoms with Crippen molar-refractivity contribution in [2.75, 3.05) is 0 Å². The van der Waals surface area contributed by atoms with Crippen molar-refractivity contribution >= 4 is 5.97 Å². The molecule has 2 aliphatic carbocycles. The second-order valence-electron chi connectivity index (χ2n) is 7.78. The van der Waals surface area contributed by atoms with E-state index in [0.29, 0.717) is 11.8 Å². The monoisotopic (exact) mass is 294 g/mol. The molecule has 0 aromatic heterocycles. The maximum absolute atomic E-state index is 11.4. The highest BCUT2D eigenvalue weighted by atomic mass is 16.5. The molecular formula is C19H34O2. The first-order valence-corrected chi connectivity index (χ1v) is 9.26. The smallest absolute Gasteiger partial charge is 0.305 e. The highest BCUT2D eigenvalue weighted by Gasteiger charge is 2.35. The number of carbonyl (C=O) groups excluding carboxylic acids is 1. The molecule has 0 aliphatic heterocycles. The highest BCUT2D eigenvalue weighted by Crippen LogP contribution is 2.46. The lowest BCUT2D eigenvalue weighted by atomic mass is 9.64. The minimum atomic E-state index is -0.0218. The van der Waals surface area contributed by atoms with Crippen LogP contribution in [0.5, 0.6) is 0 Å². The molecule has 0 aromatic rings. The molecule has 2 saturated carbocycles. The Morgan fingerprint density at radius 2 is 1.57 bits per heavy atom. The summed E-state index contributed by atoms with van der Waals surface area (Å²) in [6, 6.07) is 0. The molecule has 0 spiro atoms. The molecule has 0 atom stereocenters. The molecule has 0 N–H and O–H groups in total. The number of hydrogen-bond donors (Lipinski definition) is 0. The molecule has 122 valence electrons. The maximum atomic E-state index is 11.4. The predicted octanol–water partition coefficient (Wildman–Crippen LogP) is 5.50. The summed E-state index contributed by atoms with van der Waals surface area (Å²) in [7, 11) is 0. The fourth-order valence-electron chi connectivity index (χ4n) is 4.61. The zero-order valence-corrected chi connectivity index (χ0v) is 14.3. The lowest BCUT2D eigenvalue weighted by Gasteiger charge is -2.42. The van der Waals surface area contributed by atoms with Gasteiger partial charge in [-0.15, -0.1) is 0 Å². The maximum Gasteiger partial charge on any atom is 0.305 e. The summed E-state index contributed by atoms with van der Waals surface area (Å²) in [6.45, 7) is 6.69. The Kier molecular flexibility index (Phi) is 6.13. The number of hydrogen-bond acceptors (Lipinski definition) is 2. The zero-order valence-electron chi connectivity index (χ0n) is 14.3. The van der Waals surface area contributed by atoms with E-state index >= 15 is 0 Å². The lowest BCUT2D eigenvalue weighted by molar-refractivity contribution is -0.150. The summed E-state index contributed by atoms with van der Waals surface area (Å²) < 4.78 is 5.50. The third-order valence-electron chi connectivity index (χ3n) is 6.06. The number of carbonyl (C=O) groups is 1. The Labute approximate surface area is 131 Å². The van der Waals surface area contributed by atoms with Crippen molar-refractivity contribution in [2.24, 2.45) is 17.3 Å². The van der Waals surface area contributed by atoms with Gasteiger partial charge in [-0.05, 0) is 75.0 Å². The Bertz CT molecular complexity index is 320. The van der Waals surface area contributed by atoms with E-state index in [1.807, 2.05) is 6.92 Å². The molecule has 0 amide bonds. The average Bonchev–Trinajstić information content (AvgIpc) is 2.49. The van der Waals surface area contributed by atoms with Crippen LogP contribution in [0.1, 0.15) is 91.4 Å². The molecule has 0 heterocycles. The van der Waals surface area contributed by atoms with Crippen molar-refractivity contribution in [3.05, 3.63) is 0 Å². The molecule has 2 heteroatoms.